The number of fused-ring (bicyclic) bond motifs is 1. The lowest BCUT2D eigenvalue weighted by Crippen LogP contribution is -2.41. The number of nitrogens with zero attached hydrogens (tertiary/aromatic N) is 1. The first kappa shape index (κ1) is 25.5. The van der Waals surface area contributed by atoms with Crippen LogP contribution in [0.25, 0.3) is 0 Å². The van der Waals surface area contributed by atoms with Gasteiger partial charge < -0.3 is 15.1 Å². The van der Waals surface area contributed by atoms with Gasteiger partial charge in [-0.15, -0.1) is 0 Å². The van der Waals surface area contributed by atoms with E-state index in [1.165, 1.54) is 31.3 Å². The van der Waals surface area contributed by atoms with Crippen LogP contribution >= 0.6 is 0 Å². The summed E-state index contributed by atoms with van der Waals surface area (Å²) in [7, 11) is 0. The molecule has 4 nitrogen and oxygen atoms in total. The van der Waals surface area contributed by atoms with E-state index in [2.05, 4.69) is 39.8 Å². The van der Waals surface area contributed by atoms with Crippen molar-refractivity contribution in [3.63, 3.8) is 0 Å². The molecule has 0 saturated heterocycles. The fourth-order valence-electron chi connectivity index (χ4n) is 6.64. The van der Waals surface area contributed by atoms with Crippen LogP contribution in [0, 0.1) is 23.7 Å². The standard InChI is InChI=1S/C28H47NO3/c1-19(2)29(20(3)4)28(32)12-8-7-11-22-15-23-18-27(31)25(26(23)17-22)14-13-24(30)16-21-9-5-6-10-21/h13-15,19-21,23-27,30-31H,5-12,16-18H2,1-4H3/b14-13+/t23-,24+,25+,26-,27+/m0/s1. The van der Waals surface area contributed by atoms with Gasteiger partial charge in [0.15, 0.2) is 0 Å². The lowest BCUT2D eigenvalue weighted by Gasteiger charge is -2.30. The molecule has 32 heavy (non-hydrogen) atoms. The highest BCUT2D eigenvalue weighted by Crippen LogP contribution is 2.48. The highest BCUT2D eigenvalue weighted by atomic mass is 16.3. The maximum absolute atomic E-state index is 12.6. The van der Waals surface area contributed by atoms with Crippen LogP contribution in [0.1, 0.15) is 98.3 Å². The fraction of sp³-hybridized carbons (Fsp3) is 0.821. The van der Waals surface area contributed by atoms with Crippen LogP contribution in [-0.4, -0.2) is 45.3 Å². The molecular weight excluding hydrogens is 398 g/mol. The Morgan fingerprint density at radius 3 is 2.50 bits per heavy atom. The molecule has 3 aliphatic carbocycles. The number of hydrogen-bond acceptors (Lipinski definition) is 3. The van der Waals surface area contributed by atoms with E-state index in [-0.39, 0.29) is 36.1 Å². The van der Waals surface area contributed by atoms with Gasteiger partial charge in [-0.05, 0) is 84.0 Å². The van der Waals surface area contributed by atoms with Crippen molar-refractivity contribution in [1.29, 1.82) is 0 Å². The number of carbonyl (C=O) groups excluding carboxylic acids is 1. The minimum Gasteiger partial charge on any atom is -0.392 e. The summed E-state index contributed by atoms with van der Waals surface area (Å²) in [4.78, 5) is 14.6. The Balaban J connectivity index is 1.41. The van der Waals surface area contributed by atoms with Gasteiger partial charge in [-0.1, -0.05) is 49.5 Å². The first-order valence-electron chi connectivity index (χ1n) is 13.3. The molecule has 4 heteroatoms. The van der Waals surface area contributed by atoms with E-state index in [1.54, 1.807) is 0 Å². The zero-order valence-electron chi connectivity index (χ0n) is 20.9. The number of unbranched alkanes of at least 4 members (excludes halogenated alkanes) is 1. The molecule has 0 aromatic rings. The molecule has 0 bridgehead atoms. The smallest absolute Gasteiger partial charge is 0.223 e. The van der Waals surface area contributed by atoms with E-state index >= 15 is 0 Å². The second-order valence-corrected chi connectivity index (χ2v) is 11.3. The third-order valence-corrected chi connectivity index (χ3v) is 8.09. The molecular formula is C28H47NO3. The second kappa shape index (κ2) is 11.8. The summed E-state index contributed by atoms with van der Waals surface area (Å²) >= 11 is 0. The summed E-state index contributed by atoms with van der Waals surface area (Å²) in [6, 6.07) is 0.514. The molecule has 1 amide bonds. The first-order chi connectivity index (χ1) is 15.3. The Bertz CT molecular complexity index is 654. The normalized spacial score (nSPS) is 29.3. The average Bonchev–Trinajstić information content (AvgIpc) is 3.40. The number of rotatable bonds is 11. The molecule has 182 valence electrons. The molecule has 0 radical (unpaired) electrons. The van der Waals surface area contributed by atoms with Crippen LogP contribution in [0.2, 0.25) is 0 Å². The molecule has 2 N–H and O–H groups in total. The number of allylic oxidation sites excluding steroid dienone is 2. The van der Waals surface area contributed by atoms with E-state index in [9.17, 15) is 15.0 Å². The van der Waals surface area contributed by atoms with Gasteiger partial charge in [-0.2, -0.15) is 0 Å². The van der Waals surface area contributed by atoms with Gasteiger partial charge in [0.05, 0.1) is 12.2 Å². The van der Waals surface area contributed by atoms with Crippen molar-refractivity contribution >= 4 is 5.91 Å². The summed E-state index contributed by atoms with van der Waals surface area (Å²) in [5.41, 5.74) is 1.51. The summed E-state index contributed by atoms with van der Waals surface area (Å²) in [6.07, 6.45) is 17.5. The van der Waals surface area contributed by atoms with Gasteiger partial charge in [0.25, 0.3) is 0 Å². The van der Waals surface area contributed by atoms with E-state index in [0.29, 0.717) is 24.2 Å². The van der Waals surface area contributed by atoms with E-state index in [1.807, 2.05) is 11.0 Å². The summed E-state index contributed by atoms with van der Waals surface area (Å²) < 4.78 is 0. The van der Waals surface area contributed by atoms with E-state index in [0.717, 1.165) is 38.5 Å². The number of aliphatic hydroxyl groups is 2. The van der Waals surface area contributed by atoms with Crippen molar-refractivity contribution < 1.29 is 15.0 Å². The van der Waals surface area contributed by atoms with E-state index < -0.39 is 0 Å². The molecule has 3 aliphatic rings. The van der Waals surface area contributed by atoms with Crippen LogP contribution in [0.5, 0.6) is 0 Å². The van der Waals surface area contributed by atoms with Crippen LogP contribution in [0.15, 0.2) is 23.8 Å². The molecule has 5 atom stereocenters. The fourth-order valence-corrected chi connectivity index (χ4v) is 6.64. The SMILES string of the molecule is CC(C)N(C(=O)CCCCC1=C[C@H]2C[C@@H](O)[C@H](/C=C/[C@@H](O)CC3CCCC3)[C@H]2C1)C(C)C. The Hall–Kier alpha value is -1.13. The second-order valence-electron chi connectivity index (χ2n) is 11.3. The van der Waals surface area contributed by atoms with Crippen molar-refractivity contribution in [2.24, 2.45) is 23.7 Å². The molecule has 0 unspecified atom stereocenters. The maximum atomic E-state index is 12.6. The lowest BCUT2D eigenvalue weighted by molar-refractivity contribution is -0.134. The lowest BCUT2D eigenvalue weighted by atomic mass is 9.88. The summed E-state index contributed by atoms with van der Waals surface area (Å²) in [5.74, 6) is 2.07. The summed E-state index contributed by atoms with van der Waals surface area (Å²) in [6.45, 7) is 8.36. The van der Waals surface area contributed by atoms with Crippen molar-refractivity contribution in [1.82, 2.24) is 4.90 Å². The molecule has 0 spiro atoms. The maximum Gasteiger partial charge on any atom is 0.223 e. The Kier molecular flexibility index (Phi) is 9.43. The number of amides is 1. The molecule has 0 heterocycles. The minimum absolute atomic E-state index is 0.166. The largest absolute Gasteiger partial charge is 0.392 e. The van der Waals surface area contributed by atoms with Crippen LogP contribution in [-0.2, 0) is 4.79 Å². The van der Waals surface area contributed by atoms with Gasteiger partial charge in [0, 0.05) is 24.4 Å². The predicted octanol–water partition coefficient (Wildman–Crippen LogP) is 5.63. The number of hydrogen-bond donors (Lipinski definition) is 2. The third-order valence-electron chi connectivity index (χ3n) is 8.09. The van der Waals surface area contributed by atoms with Crippen LogP contribution in [0.3, 0.4) is 0 Å². The minimum atomic E-state index is -0.369. The van der Waals surface area contributed by atoms with Gasteiger partial charge in [0.1, 0.15) is 0 Å². The zero-order valence-corrected chi connectivity index (χ0v) is 20.9. The topological polar surface area (TPSA) is 60.8 Å². The number of aliphatic hydroxyl groups excluding tert-OH is 2. The average molecular weight is 446 g/mol. The molecule has 2 fully saturated rings. The molecule has 0 aliphatic heterocycles. The number of carbonyl (C=O) groups is 1. The van der Waals surface area contributed by atoms with Gasteiger partial charge >= 0.3 is 0 Å². The predicted molar refractivity (Wildman–Crippen MR) is 131 cm³/mol. The van der Waals surface area contributed by atoms with Crippen molar-refractivity contribution in [3.8, 4) is 0 Å². The monoisotopic (exact) mass is 445 g/mol. The zero-order chi connectivity index (χ0) is 23.3. The quantitative estimate of drug-likeness (QED) is 0.320. The third kappa shape index (κ3) is 6.70. The van der Waals surface area contributed by atoms with Crippen molar-refractivity contribution in [3.05, 3.63) is 23.8 Å². The first-order valence-corrected chi connectivity index (χ1v) is 13.3. The Morgan fingerprint density at radius 2 is 1.84 bits per heavy atom. The summed E-state index contributed by atoms with van der Waals surface area (Å²) in [5, 5.41) is 21.0. The van der Waals surface area contributed by atoms with Gasteiger partial charge in [0.2, 0.25) is 5.91 Å². The molecule has 2 saturated carbocycles. The van der Waals surface area contributed by atoms with Crippen molar-refractivity contribution in [2.75, 3.05) is 0 Å². The Morgan fingerprint density at radius 1 is 1.16 bits per heavy atom. The molecule has 0 aromatic heterocycles. The van der Waals surface area contributed by atoms with Gasteiger partial charge in [-0.25, -0.2) is 0 Å². The van der Waals surface area contributed by atoms with Crippen molar-refractivity contribution in [2.45, 2.75) is 123 Å². The van der Waals surface area contributed by atoms with E-state index in [4.69, 9.17) is 0 Å². The molecule has 3 rings (SSSR count). The van der Waals surface area contributed by atoms with Gasteiger partial charge in [-0.3, -0.25) is 4.79 Å². The van der Waals surface area contributed by atoms with Crippen LogP contribution < -0.4 is 0 Å². The highest BCUT2D eigenvalue weighted by molar-refractivity contribution is 5.76. The van der Waals surface area contributed by atoms with Crippen LogP contribution in [0.4, 0.5) is 0 Å². The molecule has 0 aromatic carbocycles. The highest BCUT2D eigenvalue weighted by Gasteiger charge is 2.43. The Labute approximate surface area is 196 Å².